The van der Waals surface area contributed by atoms with E-state index in [2.05, 4.69) is 134 Å². The SMILES string of the molecule is CC(C)(C)c1cc(-c2cc(-c3ccccc3)ccn2)cc(-c2cccc(-c3cc4c5ccccc5n5c6ccccc6c(c3O)c45)n2)c1. The normalized spacial score (nSPS) is 12.1. The molecule has 0 bridgehead atoms. The third kappa shape index (κ3) is 4.37. The number of aromatic hydroxyl groups is 1. The van der Waals surface area contributed by atoms with Gasteiger partial charge < -0.3 is 9.51 Å². The first-order valence-electron chi connectivity index (χ1n) is 16.4. The molecule has 0 fully saturated rings. The van der Waals surface area contributed by atoms with Crippen LogP contribution < -0.4 is 0 Å². The molecule has 4 heterocycles. The Labute approximate surface area is 278 Å². The van der Waals surface area contributed by atoms with Crippen molar-refractivity contribution in [2.75, 3.05) is 0 Å². The molecule has 230 valence electrons. The van der Waals surface area contributed by atoms with E-state index in [1.807, 2.05) is 30.5 Å². The first-order chi connectivity index (χ1) is 23.3. The molecule has 0 aliphatic carbocycles. The summed E-state index contributed by atoms with van der Waals surface area (Å²) in [5.41, 5.74) is 11.9. The summed E-state index contributed by atoms with van der Waals surface area (Å²) in [5, 5.41) is 16.2. The Morgan fingerprint density at radius 2 is 1.21 bits per heavy atom. The van der Waals surface area contributed by atoms with Crippen molar-refractivity contribution in [3.8, 4) is 50.6 Å². The summed E-state index contributed by atoms with van der Waals surface area (Å²) in [6, 6.07) is 46.3. The molecule has 0 unspecified atom stereocenters. The van der Waals surface area contributed by atoms with E-state index < -0.39 is 0 Å². The fraction of sp³-hybridized carbons (Fsp3) is 0.0909. The van der Waals surface area contributed by atoms with Gasteiger partial charge in [-0.05, 0) is 82.8 Å². The molecule has 0 amide bonds. The van der Waals surface area contributed by atoms with E-state index in [4.69, 9.17) is 9.97 Å². The molecule has 0 aliphatic heterocycles. The lowest BCUT2D eigenvalue weighted by molar-refractivity contribution is 0.484. The van der Waals surface area contributed by atoms with Crippen molar-refractivity contribution in [1.29, 1.82) is 0 Å². The van der Waals surface area contributed by atoms with Crippen LogP contribution in [0.2, 0.25) is 0 Å². The van der Waals surface area contributed by atoms with Gasteiger partial charge in [-0.2, -0.15) is 0 Å². The van der Waals surface area contributed by atoms with E-state index in [9.17, 15) is 5.11 Å². The van der Waals surface area contributed by atoms with Crippen LogP contribution in [0, 0.1) is 0 Å². The quantitative estimate of drug-likeness (QED) is 0.213. The van der Waals surface area contributed by atoms with Gasteiger partial charge in [-0.3, -0.25) is 4.98 Å². The first kappa shape index (κ1) is 28.2. The lowest BCUT2D eigenvalue weighted by Gasteiger charge is -2.21. The third-order valence-electron chi connectivity index (χ3n) is 9.63. The molecular weight excluding hydrogens is 587 g/mol. The van der Waals surface area contributed by atoms with E-state index in [1.54, 1.807) is 0 Å². The second-order valence-electron chi connectivity index (χ2n) is 13.7. The summed E-state index contributed by atoms with van der Waals surface area (Å²) in [7, 11) is 0. The molecule has 4 aromatic heterocycles. The van der Waals surface area contributed by atoms with Gasteiger partial charge in [-0.1, -0.05) is 93.6 Å². The van der Waals surface area contributed by atoms with Crippen LogP contribution in [0.25, 0.3) is 83.0 Å². The van der Waals surface area contributed by atoms with E-state index in [-0.39, 0.29) is 11.2 Å². The third-order valence-corrected chi connectivity index (χ3v) is 9.63. The number of rotatable bonds is 4. The molecule has 0 saturated heterocycles. The topological polar surface area (TPSA) is 50.4 Å². The number of para-hydroxylation sites is 2. The maximum absolute atomic E-state index is 12.0. The summed E-state index contributed by atoms with van der Waals surface area (Å²) < 4.78 is 2.28. The van der Waals surface area contributed by atoms with Crippen LogP contribution in [0.5, 0.6) is 5.75 Å². The summed E-state index contributed by atoms with van der Waals surface area (Å²) >= 11 is 0. The molecule has 0 spiro atoms. The van der Waals surface area contributed by atoms with Crippen LogP contribution in [-0.4, -0.2) is 19.5 Å². The summed E-state index contributed by atoms with van der Waals surface area (Å²) in [6.45, 7) is 6.70. The number of aromatic nitrogens is 3. The van der Waals surface area contributed by atoms with Crippen LogP contribution in [0.3, 0.4) is 0 Å². The van der Waals surface area contributed by atoms with E-state index in [0.717, 1.165) is 83.0 Å². The Balaban J connectivity index is 1.23. The minimum absolute atomic E-state index is 0.0888. The molecule has 0 atom stereocenters. The maximum Gasteiger partial charge on any atom is 0.135 e. The van der Waals surface area contributed by atoms with Crippen molar-refractivity contribution < 1.29 is 5.11 Å². The molecule has 5 aromatic carbocycles. The molecular formula is C44H33N3O. The molecule has 4 nitrogen and oxygen atoms in total. The number of fused-ring (bicyclic) bond motifs is 6. The number of phenolic OH excluding ortho intramolecular Hbond substituents is 1. The Morgan fingerprint density at radius 3 is 1.98 bits per heavy atom. The van der Waals surface area contributed by atoms with Crippen molar-refractivity contribution in [2.24, 2.45) is 0 Å². The minimum atomic E-state index is -0.0888. The van der Waals surface area contributed by atoms with Crippen molar-refractivity contribution >= 4 is 38.1 Å². The van der Waals surface area contributed by atoms with Crippen LogP contribution in [-0.2, 0) is 5.41 Å². The lowest BCUT2D eigenvalue weighted by atomic mass is 9.84. The van der Waals surface area contributed by atoms with Gasteiger partial charge in [-0.15, -0.1) is 0 Å². The van der Waals surface area contributed by atoms with E-state index >= 15 is 0 Å². The van der Waals surface area contributed by atoms with Crippen molar-refractivity contribution in [3.63, 3.8) is 0 Å². The Kier molecular flexibility index (Phi) is 6.18. The smallest absolute Gasteiger partial charge is 0.135 e. The zero-order valence-corrected chi connectivity index (χ0v) is 27.1. The number of benzene rings is 5. The molecule has 0 radical (unpaired) electrons. The molecule has 1 N–H and O–H groups in total. The molecule has 0 saturated carbocycles. The Bertz CT molecular complexity index is 2660. The second-order valence-corrected chi connectivity index (χ2v) is 13.7. The van der Waals surface area contributed by atoms with Gasteiger partial charge in [0, 0.05) is 39.0 Å². The molecule has 9 aromatic rings. The molecule has 0 aliphatic rings. The van der Waals surface area contributed by atoms with Crippen molar-refractivity contribution in [2.45, 2.75) is 26.2 Å². The van der Waals surface area contributed by atoms with Gasteiger partial charge >= 0.3 is 0 Å². The average Bonchev–Trinajstić information content (AvgIpc) is 3.64. The van der Waals surface area contributed by atoms with Gasteiger partial charge in [0.2, 0.25) is 0 Å². The monoisotopic (exact) mass is 619 g/mol. The van der Waals surface area contributed by atoms with Gasteiger partial charge in [0.05, 0.1) is 39.0 Å². The van der Waals surface area contributed by atoms with Gasteiger partial charge in [0.1, 0.15) is 5.75 Å². The highest BCUT2D eigenvalue weighted by molar-refractivity contribution is 6.26. The average molecular weight is 620 g/mol. The zero-order chi connectivity index (χ0) is 32.6. The fourth-order valence-corrected chi connectivity index (χ4v) is 7.20. The molecule has 48 heavy (non-hydrogen) atoms. The summed E-state index contributed by atoms with van der Waals surface area (Å²) in [6.07, 6.45) is 1.89. The van der Waals surface area contributed by atoms with Gasteiger partial charge in [0.15, 0.2) is 0 Å². The van der Waals surface area contributed by atoms with Crippen LogP contribution in [0.4, 0.5) is 0 Å². The number of hydrogen-bond acceptors (Lipinski definition) is 3. The molecule has 4 heteroatoms. The van der Waals surface area contributed by atoms with E-state index in [1.165, 1.54) is 5.56 Å². The number of phenols is 1. The van der Waals surface area contributed by atoms with E-state index in [0.29, 0.717) is 0 Å². The maximum atomic E-state index is 12.0. The van der Waals surface area contributed by atoms with Crippen LogP contribution in [0.1, 0.15) is 26.3 Å². The number of nitrogens with zero attached hydrogens (tertiary/aromatic N) is 3. The second kappa shape index (κ2) is 10.5. The van der Waals surface area contributed by atoms with Crippen LogP contribution >= 0.6 is 0 Å². The fourth-order valence-electron chi connectivity index (χ4n) is 7.20. The summed E-state index contributed by atoms with van der Waals surface area (Å²) in [5.74, 6) is 0.257. The minimum Gasteiger partial charge on any atom is -0.507 e. The highest BCUT2D eigenvalue weighted by Crippen LogP contribution is 2.47. The van der Waals surface area contributed by atoms with Crippen molar-refractivity contribution in [3.05, 3.63) is 145 Å². The van der Waals surface area contributed by atoms with Gasteiger partial charge in [0.25, 0.3) is 0 Å². The highest BCUT2D eigenvalue weighted by atomic mass is 16.3. The number of pyridine rings is 2. The standard InChI is InChI=1S/C44H33N3O/c1-44(2,3)31-23-29(22-30(24-31)38-25-28(20-21-45-38)27-12-5-4-6-13-27)36-16-11-17-37(46-36)35-26-34-32-14-7-9-18-39(32)47-40-19-10-8-15-33(40)41(42(34)47)43(35)48/h4-26,48H,1-3H3. The van der Waals surface area contributed by atoms with Crippen LogP contribution in [0.15, 0.2) is 140 Å². The van der Waals surface area contributed by atoms with Crippen molar-refractivity contribution in [1.82, 2.24) is 14.4 Å². The molecule has 9 rings (SSSR count). The Hall–Kier alpha value is -6.00. The largest absolute Gasteiger partial charge is 0.507 e. The highest BCUT2D eigenvalue weighted by Gasteiger charge is 2.24. The Morgan fingerprint density at radius 1 is 0.542 bits per heavy atom. The zero-order valence-electron chi connectivity index (χ0n) is 27.1. The summed E-state index contributed by atoms with van der Waals surface area (Å²) in [4.78, 5) is 10.0. The first-order valence-corrected chi connectivity index (χ1v) is 16.4. The van der Waals surface area contributed by atoms with Gasteiger partial charge in [-0.25, -0.2) is 4.98 Å². The predicted molar refractivity (Wildman–Crippen MR) is 199 cm³/mol. The number of hydrogen-bond donors (Lipinski definition) is 1. The predicted octanol–water partition coefficient (Wildman–Crippen LogP) is 11.3. The lowest BCUT2D eigenvalue weighted by Crippen LogP contribution is -2.11.